The maximum Gasteiger partial charge on any atom is 0.261 e. The van der Waals surface area contributed by atoms with Crippen molar-refractivity contribution >= 4 is 17.5 Å². The minimum Gasteiger partial charge on any atom is -0.481 e. The highest BCUT2D eigenvalue weighted by Gasteiger charge is 2.18. The summed E-state index contributed by atoms with van der Waals surface area (Å²) in [5, 5.41) is 3.48. The molecule has 2 aromatic rings. The lowest BCUT2D eigenvalue weighted by Gasteiger charge is -2.20. The van der Waals surface area contributed by atoms with Crippen LogP contribution in [0.3, 0.4) is 0 Å². The largest absolute Gasteiger partial charge is 0.481 e. The van der Waals surface area contributed by atoms with Gasteiger partial charge in [-0.15, -0.1) is 0 Å². The Labute approximate surface area is 140 Å². The first-order chi connectivity index (χ1) is 10.9. The van der Waals surface area contributed by atoms with E-state index in [1.807, 2.05) is 13.8 Å². The van der Waals surface area contributed by atoms with Crippen molar-refractivity contribution in [1.29, 1.82) is 0 Å². The topological polar surface area (TPSA) is 38.3 Å². The highest BCUT2D eigenvalue weighted by Crippen LogP contribution is 2.23. The molecule has 2 atom stereocenters. The van der Waals surface area contributed by atoms with Gasteiger partial charge in [0, 0.05) is 5.02 Å². The van der Waals surface area contributed by atoms with E-state index in [-0.39, 0.29) is 17.8 Å². The molecule has 2 rings (SSSR count). The number of rotatable bonds is 5. The predicted molar refractivity (Wildman–Crippen MR) is 89.2 cm³/mol. The summed E-state index contributed by atoms with van der Waals surface area (Å²) in [5.41, 5.74) is 1.69. The molecule has 0 saturated carbocycles. The number of carbonyl (C=O) groups excluding carboxylic acids is 1. The molecule has 0 aliphatic heterocycles. The van der Waals surface area contributed by atoms with Crippen LogP contribution < -0.4 is 10.1 Å². The Morgan fingerprint density at radius 1 is 1.17 bits per heavy atom. The van der Waals surface area contributed by atoms with E-state index in [0.717, 1.165) is 11.1 Å². The van der Waals surface area contributed by atoms with E-state index in [2.05, 4.69) is 5.32 Å². The van der Waals surface area contributed by atoms with E-state index in [1.54, 1.807) is 37.3 Å². The third-order valence-corrected chi connectivity index (χ3v) is 3.77. The zero-order valence-corrected chi connectivity index (χ0v) is 14.0. The zero-order valence-electron chi connectivity index (χ0n) is 13.3. The van der Waals surface area contributed by atoms with Crippen LogP contribution in [0.2, 0.25) is 5.02 Å². The molecule has 0 spiro atoms. The van der Waals surface area contributed by atoms with Crippen LogP contribution in [-0.2, 0) is 4.79 Å². The average molecular weight is 336 g/mol. The average Bonchev–Trinajstić information content (AvgIpc) is 2.50. The molecule has 0 saturated heterocycles. The first kappa shape index (κ1) is 17.3. The zero-order chi connectivity index (χ0) is 17.0. The summed E-state index contributed by atoms with van der Waals surface area (Å²) in [6, 6.07) is 11.0. The minimum absolute atomic E-state index is 0.236. The number of nitrogens with one attached hydrogen (secondary N) is 1. The van der Waals surface area contributed by atoms with Gasteiger partial charge in [-0.1, -0.05) is 23.7 Å². The van der Waals surface area contributed by atoms with Crippen LogP contribution in [0.15, 0.2) is 42.5 Å². The van der Waals surface area contributed by atoms with E-state index in [1.165, 1.54) is 12.1 Å². The van der Waals surface area contributed by atoms with E-state index in [0.29, 0.717) is 10.8 Å². The molecule has 2 aromatic carbocycles. The SMILES string of the molecule is Cc1cc(Cl)ccc1O[C@H](C)C(=O)N[C@@H](C)c1ccc(F)cc1. The van der Waals surface area contributed by atoms with E-state index < -0.39 is 6.10 Å². The van der Waals surface area contributed by atoms with Crippen LogP contribution in [0.25, 0.3) is 0 Å². The Balaban J connectivity index is 1.98. The van der Waals surface area contributed by atoms with Crippen LogP contribution in [0.4, 0.5) is 4.39 Å². The van der Waals surface area contributed by atoms with Gasteiger partial charge in [0.1, 0.15) is 11.6 Å². The van der Waals surface area contributed by atoms with Crippen molar-refractivity contribution in [1.82, 2.24) is 5.32 Å². The van der Waals surface area contributed by atoms with Gasteiger partial charge in [-0.25, -0.2) is 4.39 Å². The van der Waals surface area contributed by atoms with Crippen LogP contribution in [0, 0.1) is 12.7 Å². The normalized spacial score (nSPS) is 13.3. The predicted octanol–water partition coefficient (Wildman–Crippen LogP) is 4.43. The number of carbonyl (C=O) groups is 1. The molecule has 0 unspecified atom stereocenters. The van der Waals surface area contributed by atoms with Gasteiger partial charge >= 0.3 is 0 Å². The molecular formula is C18H19ClFNO2. The lowest BCUT2D eigenvalue weighted by molar-refractivity contribution is -0.127. The molecule has 3 nitrogen and oxygen atoms in total. The fraction of sp³-hybridized carbons (Fsp3) is 0.278. The van der Waals surface area contributed by atoms with Gasteiger partial charge < -0.3 is 10.1 Å². The summed E-state index contributed by atoms with van der Waals surface area (Å²) < 4.78 is 18.6. The highest BCUT2D eigenvalue weighted by molar-refractivity contribution is 6.30. The smallest absolute Gasteiger partial charge is 0.261 e. The number of halogens is 2. The second-order valence-corrected chi connectivity index (χ2v) is 5.89. The van der Waals surface area contributed by atoms with Crippen LogP contribution in [-0.4, -0.2) is 12.0 Å². The van der Waals surface area contributed by atoms with Gasteiger partial charge in [0.15, 0.2) is 6.10 Å². The quantitative estimate of drug-likeness (QED) is 0.877. The fourth-order valence-corrected chi connectivity index (χ4v) is 2.38. The summed E-state index contributed by atoms with van der Waals surface area (Å²) in [4.78, 5) is 12.2. The van der Waals surface area contributed by atoms with Crippen LogP contribution in [0.5, 0.6) is 5.75 Å². The highest BCUT2D eigenvalue weighted by atomic mass is 35.5. The number of aryl methyl sites for hydroxylation is 1. The van der Waals surface area contributed by atoms with Gasteiger partial charge in [0.25, 0.3) is 5.91 Å². The van der Waals surface area contributed by atoms with Gasteiger partial charge in [-0.3, -0.25) is 4.79 Å². The summed E-state index contributed by atoms with van der Waals surface area (Å²) >= 11 is 5.90. The number of amides is 1. The second-order valence-electron chi connectivity index (χ2n) is 5.45. The molecule has 0 aliphatic rings. The number of ether oxygens (including phenoxy) is 1. The summed E-state index contributed by atoms with van der Waals surface area (Å²) in [5.74, 6) is 0.0739. The van der Waals surface area contributed by atoms with Crippen molar-refractivity contribution in [3.05, 3.63) is 64.4 Å². The Kier molecular flexibility index (Phi) is 5.61. The summed E-state index contributed by atoms with van der Waals surface area (Å²) in [6.45, 7) is 5.39. The van der Waals surface area contributed by atoms with Crippen molar-refractivity contribution < 1.29 is 13.9 Å². The van der Waals surface area contributed by atoms with Crippen LogP contribution >= 0.6 is 11.6 Å². The first-order valence-corrected chi connectivity index (χ1v) is 7.73. The van der Waals surface area contributed by atoms with Gasteiger partial charge in [0.05, 0.1) is 6.04 Å². The molecule has 23 heavy (non-hydrogen) atoms. The lowest BCUT2D eigenvalue weighted by Crippen LogP contribution is -2.37. The van der Waals surface area contributed by atoms with E-state index >= 15 is 0 Å². The maximum atomic E-state index is 12.9. The van der Waals surface area contributed by atoms with Crippen molar-refractivity contribution in [2.75, 3.05) is 0 Å². The van der Waals surface area contributed by atoms with E-state index in [9.17, 15) is 9.18 Å². The van der Waals surface area contributed by atoms with Crippen molar-refractivity contribution in [3.8, 4) is 5.75 Å². The third-order valence-electron chi connectivity index (χ3n) is 3.54. The molecule has 0 fully saturated rings. The van der Waals surface area contributed by atoms with E-state index in [4.69, 9.17) is 16.3 Å². The standard InChI is InChI=1S/C18H19ClFNO2/c1-11-10-15(19)6-9-17(11)23-13(3)18(22)21-12(2)14-4-7-16(20)8-5-14/h4-10,12-13H,1-3H3,(H,21,22)/t12-,13+/m0/s1. The minimum atomic E-state index is -0.655. The van der Waals surface area contributed by atoms with Gasteiger partial charge in [-0.05, 0) is 62.2 Å². The third kappa shape index (κ3) is 4.70. The molecule has 1 N–H and O–H groups in total. The molecule has 1 amide bonds. The second kappa shape index (κ2) is 7.47. The molecule has 0 aromatic heterocycles. The molecular weight excluding hydrogens is 317 g/mol. The van der Waals surface area contributed by atoms with Crippen molar-refractivity contribution in [2.45, 2.75) is 32.9 Å². The number of hydrogen-bond acceptors (Lipinski definition) is 2. The molecule has 0 radical (unpaired) electrons. The van der Waals surface area contributed by atoms with Crippen LogP contribution in [0.1, 0.15) is 31.0 Å². The van der Waals surface area contributed by atoms with Crippen molar-refractivity contribution in [2.24, 2.45) is 0 Å². The monoisotopic (exact) mass is 335 g/mol. The molecule has 0 aliphatic carbocycles. The lowest BCUT2D eigenvalue weighted by atomic mass is 10.1. The van der Waals surface area contributed by atoms with Gasteiger partial charge in [-0.2, -0.15) is 0 Å². The molecule has 122 valence electrons. The number of hydrogen-bond donors (Lipinski definition) is 1. The Morgan fingerprint density at radius 2 is 1.83 bits per heavy atom. The first-order valence-electron chi connectivity index (χ1n) is 7.35. The summed E-state index contributed by atoms with van der Waals surface area (Å²) in [6.07, 6.45) is -0.655. The Bertz CT molecular complexity index is 688. The molecule has 0 bridgehead atoms. The number of benzene rings is 2. The molecule has 0 heterocycles. The Morgan fingerprint density at radius 3 is 2.43 bits per heavy atom. The fourth-order valence-electron chi connectivity index (χ4n) is 2.15. The molecule has 5 heteroatoms. The van der Waals surface area contributed by atoms with Crippen molar-refractivity contribution in [3.63, 3.8) is 0 Å². The Hall–Kier alpha value is -2.07. The maximum absolute atomic E-state index is 12.9. The van der Waals surface area contributed by atoms with Gasteiger partial charge in [0.2, 0.25) is 0 Å². The summed E-state index contributed by atoms with van der Waals surface area (Å²) in [7, 11) is 0.